The second-order valence-corrected chi connectivity index (χ2v) is 7.71. The van der Waals surface area contributed by atoms with E-state index < -0.39 is 5.56 Å². The second kappa shape index (κ2) is 8.10. The molecule has 0 radical (unpaired) electrons. The summed E-state index contributed by atoms with van der Waals surface area (Å²) in [5.74, 6) is 0.237. The number of H-pyrrole nitrogens is 1. The number of hydrogen-bond donors (Lipinski definition) is 2. The van der Waals surface area contributed by atoms with E-state index >= 15 is 0 Å². The molecular weight excluding hydrogens is 384 g/mol. The van der Waals surface area contributed by atoms with Crippen LogP contribution in [0, 0.1) is 13.8 Å². The maximum Gasteiger partial charge on any atom is 0.267 e. The van der Waals surface area contributed by atoms with E-state index in [0.29, 0.717) is 31.5 Å². The Morgan fingerprint density at radius 1 is 1.10 bits per heavy atom. The van der Waals surface area contributed by atoms with Crippen molar-refractivity contribution in [2.75, 3.05) is 0 Å². The number of hydrogen-bond acceptors (Lipinski definition) is 5. The first-order valence-electron chi connectivity index (χ1n) is 10.0. The van der Waals surface area contributed by atoms with Gasteiger partial charge in [0.15, 0.2) is 5.82 Å². The number of nitrogens with one attached hydrogen (secondary N) is 2. The predicted molar refractivity (Wildman–Crippen MR) is 111 cm³/mol. The first kappa shape index (κ1) is 19.8. The molecule has 9 nitrogen and oxygen atoms in total. The van der Waals surface area contributed by atoms with E-state index in [9.17, 15) is 14.4 Å². The summed E-state index contributed by atoms with van der Waals surface area (Å²) in [4.78, 5) is 39.1. The van der Waals surface area contributed by atoms with Crippen LogP contribution < -0.4 is 16.4 Å². The molecule has 0 bridgehead atoms. The fraction of sp³-hybridized carbons (Fsp3) is 0.381. The molecule has 30 heavy (non-hydrogen) atoms. The number of aromatic amines is 1. The van der Waals surface area contributed by atoms with Gasteiger partial charge in [0.1, 0.15) is 5.56 Å². The van der Waals surface area contributed by atoms with Gasteiger partial charge in [0.25, 0.3) is 17.0 Å². The van der Waals surface area contributed by atoms with Gasteiger partial charge < -0.3 is 10.3 Å². The van der Waals surface area contributed by atoms with Crippen LogP contribution in [0.4, 0.5) is 0 Å². The van der Waals surface area contributed by atoms with Crippen LogP contribution in [0.1, 0.15) is 53.5 Å². The first-order valence-corrected chi connectivity index (χ1v) is 10.0. The van der Waals surface area contributed by atoms with E-state index in [1.54, 1.807) is 16.8 Å². The normalized spacial score (nSPS) is 18.9. The van der Waals surface area contributed by atoms with E-state index in [4.69, 9.17) is 0 Å². The van der Waals surface area contributed by atoms with Gasteiger partial charge in [-0.05, 0) is 63.8 Å². The molecule has 1 fully saturated rings. The molecule has 3 aromatic rings. The van der Waals surface area contributed by atoms with E-state index in [0.717, 1.165) is 11.4 Å². The van der Waals surface area contributed by atoms with Crippen LogP contribution in [0.5, 0.6) is 0 Å². The topological polar surface area (TPSA) is 115 Å². The maximum absolute atomic E-state index is 12.4. The van der Waals surface area contributed by atoms with E-state index in [1.807, 2.05) is 19.9 Å². The smallest absolute Gasteiger partial charge is 0.267 e. The van der Waals surface area contributed by atoms with Gasteiger partial charge in [-0.3, -0.25) is 14.4 Å². The lowest BCUT2D eigenvalue weighted by Crippen LogP contribution is -2.41. The summed E-state index contributed by atoms with van der Waals surface area (Å²) < 4.78 is 3.26. The number of aryl methyl sites for hydroxylation is 2. The number of carbonyl (C=O) groups is 1. The molecule has 3 heterocycles. The minimum Gasteiger partial charge on any atom is -0.349 e. The number of pyridine rings is 1. The molecule has 0 unspecified atom stereocenters. The van der Waals surface area contributed by atoms with Gasteiger partial charge in [0.2, 0.25) is 0 Å². The Hall–Kier alpha value is -3.49. The van der Waals surface area contributed by atoms with Crippen molar-refractivity contribution >= 4 is 5.91 Å². The van der Waals surface area contributed by atoms with E-state index in [2.05, 4.69) is 20.5 Å². The van der Waals surface area contributed by atoms with Crippen molar-refractivity contribution in [3.63, 3.8) is 0 Å². The largest absolute Gasteiger partial charge is 0.349 e. The average Bonchev–Trinajstić information content (AvgIpc) is 3.07. The molecule has 0 aromatic carbocycles. The van der Waals surface area contributed by atoms with Crippen molar-refractivity contribution in [3.05, 3.63) is 74.2 Å². The number of rotatable bonds is 4. The van der Waals surface area contributed by atoms with Crippen molar-refractivity contribution in [1.82, 2.24) is 29.9 Å². The summed E-state index contributed by atoms with van der Waals surface area (Å²) in [5.41, 5.74) is 1.40. The first-order chi connectivity index (χ1) is 14.4. The van der Waals surface area contributed by atoms with Gasteiger partial charge >= 0.3 is 0 Å². The molecule has 156 valence electrons. The van der Waals surface area contributed by atoms with Gasteiger partial charge in [-0.25, -0.2) is 9.36 Å². The summed E-state index contributed by atoms with van der Waals surface area (Å²) in [7, 11) is 0. The van der Waals surface area contributed by atoms with Crippen molar-refractivity contribution < 1.29 is 4.79 Å². The van der Waals surface area contributed by atoms with E-state index in [-0.39, 0.29) is 29.1 Å². The molecule has 0 atom stereocenters. The van der Waals surface area contributed by atoms with Crippen LogP contribution in [-0.4, -0.2) is 36.5 Å². The third-order valence-corrected chi connectivity index (χ3v) is 5.48. The van der Waals surface area contributed by atoms with Crippen molar-refractivity contribution in [1.29, 1.82) is 0 Å². The quantitative estimate of drug-likeness (QED) is 0.681. The summed E-state index contributed by atoms with van der Waals surface area (Å²) in [5, 5.41) is 11.9. The fourth-order valence-corrected chi connectivity index (χ4v) is 3.98. The Balaban J connectivity index is 1.45. The van der Waals surface area contributed by atoms with Gasteiger partial charge in [0.05, 0.1) is 11.7 Å². The van der Waals surface area contributed by atoms with Gasteiger partial charge in [-0.1, -0.05) is 0 Å². The molecular formula is C21H24N6O3. The monoisotopic (exact) mass is 408 g/mol. The van der Waals surface area contributed by atoms with Crippen LogP contribution in [0.15, 0.2) is 46.1 Å². The number of carbonyl (C=O) groups excluding carboxylic acids is 1. The Morgan fingerprint density at radius 3 is 2.53 bits per heavy atom. The van der Waals surface area contributed by atoms with E-state index in [1.165, 1.54) is 23.0 Å². The Bertz CT molecular complexity index is 1180. The number of nitrogens with zero attached hydrogens (tertiary/aromatic N) is 4. The minimum atomic E-state index is -0.402. The van der Waals surface area contributed by atoms with Crippen LogP contribution in [0.25, 0.3) is 5.82 Å². The van der Waals surface area contributed by atoms with Crippen molar-refractivity contribution in [2.45, 2.75) is 51.6 Å². The Kier molecular flexibility index (Phi) is 5.35. The lowest BCUT2D eigenvalue weighted by molar-refractivity contribution is 0.0919. The third-order valence-electron chi connectivity index (χ3n) is 5.48. The molecule has 0 spiro atoms. The van der Waals surface area contributed by atoms with Crippen LogP contribution >= 0.6 is 0 Å². The van der Waals surface area contributed by atoms with Gasteiger partial charge in [-0.2, -0.15) is 5.10 Å². The molecule has 1 amide bonds. The minimum absolute atomic E-state index is 0.0387. The molecule has 1 aliphatic rings. The number of aromatic nitrogens is 5. The molecule has 2 N–H and O–H groups in total. The fourth-order valence-electron chi connectivity index (χ4n) is 3.98. The summed E-state index contributed by atoms with van der Waals surface area (Å²) in [6, 6.07) is 8.22. The molecule has 1 saturated carbocycles. The molecule has 9 heteroatoms. The predicted octanol–water partition coefficient (Wildman–Crippen LogP) is 1.65. The lowest BCUT2D eigenvalue weighted by atomic mass is 9.91. The summed E-state index contributed by atoms with van der Waals surface area (Å²) in [6.07, 6.45) is 4.33. The Morgan fingerprint density at radius 2 is 1.87 bits per heavy atom. The zero-order chi connectivity index (χ0) is 21.3. The molecule has 4 rings (SSSR count). The highest BCUT2D eigenvalue weighted by Gasteiger charge is 2.26. The van der Waals surface area contributed by atoms with Crippen molar-refractivity contribution in [3.8, 4) is 5.82 Å². The lowest BCUT2D eigenvalue weighted by Gasteiger charge is -2.29. The highest BCUT2D eigenvalue weighted by Crippen LogP contribution is 2.27. The maximum atomic E-state index is 12.4. The molecule has 3 aromatic heterocycles. The SMILES string of the molecule is Cc1cc(C)n(-c2ccc(=O)n(C3CCC(NC(=O)c4ccc[nH]c4=O)CC3)n2)n1. The highest BCUT2D eigenvalue weighted by molar-refractivity contribution is 5.93. The van der Waals surface area contributed by atoms with Crippen LogP contribution in [0.3, 0.4) is 0 Å². The third kappa shape index (κ3) is 3.96. The standard InChI is InChI=1S/C21H24N6O3/c1-13-12-14(2)26(24-13)18-9-10-19(28)27(25-18)16-7-5-15(6-8-16)23-21(30)17-4-3-11-22-20(17)29/h3-4,9-12,15-16H,5-8H2,1-2H3,(H,22,29)(H,23,30). The molecule has 0 saturated heterocycles. The summed E-state index contributed by atoms with van der Waals surface area (Å²) in [6.45, 7) is 3.86. The highest BCUT2D eigenvalue weighted by atomic mass is 16.2. The van der Waals surface area contributed by atoms with Crippen LogP contribution in [0.2, 0.25) is 0 Å². The zero-order valence-electron chi connectivity index (χ0n) is 17.0. The molecule has 1 aliphatic carbocycles. The zero-order valence-corrected chi connectivity index (χ0v) is 17.0. The second-order valence-electron chi connectivity index (χ2n) is 7.71. The summed E-state index contributed by atoms with van der Waals surface area (Å²) >= 11 is 0. The van der Waals surface area contributed by atoms with Crippen molar-refractivity contribution in [2.24, 2.45) is 0 Å². The van der Waals surface area contributed by atoms with Gasteiger partial charge in [-0.15, -0.1) is 5.10 Å². The Labute approximate surface area is 172 Å². The van der Waals surface area contributed by atoms with Crippen LogP contribution in [-0.2, 0) is 0 Å². The molecule has 0 aliphatic heterocycles. The average molecular weight is 408 g/mol. The van der Waals surface area contributed by atoms with Gasteiger partial charge in [0, 0.05) is 24.0 Å². The number of amides is 1.